The summed E-state index contributed by atoms with van der Waals surface area (Å²) in [7, 11) is 0. The number of rotatable bonds is 4. The molecule has 1 fully saturated rings. The van der Waals surface area contributed by atoms with Crippen LogP contribution in [0, 0.1) is 0 Å². The van der Waals surface area contributed by atoms with E-state index in [1.165, 1.54) is 12.8 Å². The van der Waals surface area contributed by atoms with E-state index in [-0.39, 0.29) is 0 Å². The molecule has 3 rings (SSSR count). The topological polar surface area (TPSA) is 74.5 Å². The third-order valence-corrected chi connectivity index (χ3v) is 3.38. The van der Waals surface area contributed by atoms with E-state index >= 15 is 0 Å². The lowest BCUT2D eigenvalue weighted by molar-refractivity contribution is 0.533. The first-order valence-corrected chi connectivity index (χ1v) is 6.36. The van der Waals surface area contributed by atoms with Gasteiger partial charge in [-0.05, 0) is 26.7 Å². The molecule has 0 amide bonds. The summed E-state index contributed by atoms with van der Waals surface area (Å²) in [4.78, 5) is 4.21. The number of nitrogens with zero attached hydrogens (tertiary/aromatic N) is 5. The van der Waals surface area contributed by atoms with E-state index in [1.807, 2.05) is 17.2 Å². The highest BCUT2D eigenvalue weighted by Crippen LogP contribution is 2.42. The Hall–Kier alpha value is -1.85. The van der Waals surface area contributed by atoms with Crippen molar-refractivity contribution in [3.05, 3.63) is 23.9 Å². The maximum atomic E-state index is 5.89. The summed E-state index contributed by atoms with van der Waals surface area (Å²) >= 11 is 0. The molecular weight excluding hydrogens is 228 g/mol. The Morgan fingerprint density at radius 1 is 1.44 bits per heavy atom. The van der Waals surface area contributed by atoms with Gasteiger partial charge in [-0.25, -0.2) is 9.67 Å². The van der Waals surface area contributed by atoms with Gasteiger partial charge in [-0.3, -0.25) is 0 Å². The standard InChI is InChI=1S/C12H18N6/c1-8(2)17-7-14-5-10(17)6-18-11(9-3-4-9)12(13)15-16-18/h5,7-9H,3-4,6,13H2,1-2H3. The predicted molar refractivity (Wildman–Crippen MR) is 68.1 cm³/mol. The fourth-order valence-electron chi connectivity index (χ4n) is 2.30. The highest BCUT2D eigenvalue weighted by atomic mass is 15.4. The summed E-state index contributed by atoms with van der Waals surface area (Å²) in [5, 5.41) is 8.15. The summed E-state index contributed by atoms with van der Waals surface area (Å²) in [6, 6.07) is 0.396. The summed E-state index contributed by atoms with van der Waals surface area (Å²) in [5.74, 6) is 1.13. The molecule has 0 spiro atoms. The molecule has 0 saturated heterocycles. The van der Waals surface area contributed by atoms with Crippen molar-refractivity contribution in [2.45, 2.75) is 45.2 Å². The maximum Gasteiger partial charge on any atom is 0.169 e. The predicted octanol–water partition coefficient (Wildman–Crippen LogP) is 1.56. The highest BCUT2D eigenvalue weighted by molar-refractivity contribution is 5.38. The van der Waals surface area contributed by atoms with Crippen molar-refractivity contribution in [1.82, 2.24) is 24.5 Å². The minimum atomic E-state index is 0.396. The molecule has 0 atom stereocenters. The quantitative estimate of drug-likeness (QED) is 0.888. The first-order chi connectivity index (χ1) is 8.66. The van der Waals surface area contributed by atoms with Crippen LogP contribution in [-0.4, -0.2) is 24.5 Å². The van der Waals surface area contributed by atoms with Gasteiger partial charge in [0.2, 0.25) is 0 Å². The summed E-state index contributed by atoms with van der Waals surface area (Å²) in [6.07, 6.45) is 6.13. The van der Waals surface area contributed by atoms with Gasteiger partial charge in [-0.15, -0.1) is 5.10 Å². The van der Waals surface area contributed by atoms with Crippen LogP contribution >= 0.6 is 0 Å². The van der Waals surface area contributed by atoms with Crippen LogP contribution in [0.3, 0.4) is 0 Å². The zero-order valence-corrected chi connectivity index (χ0v) is 10.7. The maximum absolute atomic E-state index is 5.89. The first kappa shape index (κ1) is 11.3. The van der Waals surface area contributed by atoms with Crippen LogP contribution in [0.2, 0.25) is 0 Å². The van der Waals surface area contributed by atoms with Gasteiger partial charge in [-0.2, -0.15) is 0 Å². The largest absolute Gasteiger partial charge is 0.381 e. The van der Waals surface area contributed by atoms with Gasteiger partial charge in [0.1, 0.15) is 0 Å². The van der Waals surface area contributed by atoms with Gasteiger partial charge in [0, 0.05) is 12.0 Å². The van der Waals surface area contributed by atoms with E-state index < -0.39 is 0 Å². The SMILES string of the molecule is CC(C)n1cncc1Cn1nnc(N)c1C1CC1. The minimum Gasteiger partial charge on any atom is -0.381 e. The highest BCUT2D eigenvalue weighted by Gasteiger charge is 2.30. The Labute approximate surface area is 106 Å². The number of nitrogens with two attached hydrogens (primary N) is 1. The van der Waals surface area contributed by atoms with E-state index in [4.69, 9.17) is 5.73 Å². The zero-order valence-electron chi connectivity index (χ0n) is 10.7. The molecule has 6 heteroatoms. The van der Waals surface area contributed by atoms with Gasteiger partial charge >= 0.3 is 0 Å². The fourth-order valence-corrected chi connectivity index (χ4v) is 2.30. The van der Waals surface area contributed by atoms with Gasteiger partial charge in [0.15, 0.2) is 5.82 Å². The second-order valence-corrected chi connectivity index (χ2v) is 5.18. The summed E-state index contributed by atoms with van der Waals surface area (Å²) < 4.78 is 4.07. The van der Waals surface area contributed by atoms with Crippen LogP contribution < -0.4 is 5.73 Å². The van der Waals surface area contributed by atoms with Crippen molar-refractivity contribution in [1.29, 1.82) is 0 Å². The molecule has 0 bridgehead atoms. The molecule has 18 heavy (non-hydrogen) atoms. The molecule has 2 aromatic rings. The third kappa shape index (κ3) is 1.87. The number of hydrogen-bond donors (Lipinski definition) is 1. The average molecular weight is 246 g/mol. The van der Waals surface area contributed by atoms with Gasteiger partial charge in [0.05, 0.1) is 30.5 Å². The minimum absolute atomic E-state index is 0.396. The Morgan fingerprint density at radius 3 is 2.89 bits per heavy atom. The molecule has 2 aromatic heterocycles. The molecule has 96 valence electrons. The molecule has 2 N–H and O–H groups in total. The molecule has 0 aromatic carbocycles. The lowest BCUT2D eigenvalue weighted by Crippen LogP contribution is -2.12. The van der Waals surface area contributed by atoms with E-state index in [2.05, 4.69) is 33.7 Å². The summed E-state index contributed by atoms with van der Waals surface area (Å²) in [5.41, 5.74) is 8.12. The number of imidazole rings is 1. The van der Waals surface area contributed by atoms with Crippen LogP contribution in [0.1, 0.15) is 50.0 Å². The fraction of sp³-hybridized carbons (Fsp3) is 0.583. The van der Waals surface area contributed by atoms with Crippen molar-refractivity contribution in [3.8, 4) is 0 Å². The normalized spacial score (nSPS) is 15.5. The Kier molecular flexibility index (Phi) is 2.57. The molecule has 1 saturated carbocycles. The van der Waals surface area contributed by atoms with Gasteiger partial charge in [0.25, 0.3) is 0 Å². The Bertz CT molecular complexity index is 549. The molecule has 0 radical (unpaired) electrons. The van der Waals surface area contributed by atoms with E-state index in [1.54, 1.807) is 0 Å². The van der Waals surface area contributed by atoms with Crippen molar-refractivity contribution in [2.75, 3.05) is 5.73 Å². The van der Waals surface area contributed by atoms with E-state index in [9.17, 15) is 0 Å². The molecule has 0 unspecified atom stereocenters. The van der Waals surface area contributed by atoms with Crippen molar-refractivity contribution < 1.29 is 0 Å². The third-order valence-electron chi connectivity index (χ3n) is 3.38. The molecule has 6 nitrogen and oxygen atoms in total. The molecule has 1 aliphatic carbocycles. The van der Waals surface area contributed by atoms with Gasteiger partial charge in [-0.1, -0.05) is 5.21 Å². The van der Waals surface area contributed by atoms with Crippen molar-refractivity contribution >= 4 is 5.82 Å². The molecular formula is C12H18N6. The average Bonchev–Trinajstić information content (AvgIpc) is 2.93. The first-order valence-electron chi connectivity index (χ1n) is 6.36. The number of aromatic nitrogens is 5. The number of anilines is 1. The zero-order chi connectivity index (χ0) is 12.7. The van der Waals surface area contributed by atoms with Crippen molar-refractivity contribution in [3.63, 3.8) is 0 Å². The lowest BCUT2D eigenvalue weighted by Gasteiger charge is -2.12. The smallest absolute Gasteiger partial charge is 0.169 e. The lowest BCUT2D eigenvalue weighted by atomic mass is 10.3. The molecule has 2 heterocycles. The number of nitrogen functional groups attached to an aromatic ring is 1. The second-order valence-electron chi connectivity index (χ2n) is 5.18. The van der Waals surface area contributed by atoms with Crippen LogP contribution in [0.15, 0.2) is 12.5 Å². The van der Waals surface area contributed by atoms with Crippen molar-refractivity contribution in [2.24, 2.45) is 0 Å². The molecule has 1 aliphatic rings. The monoisotopic (exact) mass is 246 g/mol. The van der Waals surface area contributed by atoms with E-state index in [0.717, 1.165) is 11.4 Å². The van der Waals surface area contributed by atoms with Crippen LogP contribution in [-0.2, 0) is 6.54 Å². The Balaban J connectivity index is 1.90. The van der Waals surface area contributed by atoms with Crippen LogP contribution in [0.25, 0.3) is 0 Å². The number of hydrogen-bond acceptors (Lipinski definition) is 4. The second kappa shape index (κ2) is 4.12. The molecule has 0 aliphatic heterocycles. The van der Waals surface area contributed by atoms with Gasteiger partial charge < -0.3 is 10.3 Å². The van der Waals surface area contributed by atoms with E-state index in [0.29, 0.717) is 24.3 Å². The summed E-state index contributed by atoms with van der Waals surface area (Å²) in [6.45, 7) is 4.97. The van der Waals surface area contributed by atoms with Crippen LogP contribution in [0.5, 0.6) is 0 Å². The van der Waals surface area contributed by atoms with Crippen LogP contribution in [0.4, 0.5) is 5.82 Å². The Morgan fingerprint density at radius 2 is 2.22 bits per heavy atom.